The van der Waals surface area contributed by atoms with E-state index in [1.54, 1.807) is 13.8 Å². The smallest absolute Gasteiger partial charge is 0.317 e. The number of ether oxygens (including phenoxy) is 5. The van der Waals surface area contributed by atoms with Crippen LogP contribution in [0.25, 0.3) is 0 Å². The van der Waals surface area contributed by atoms with E-state index in [9.17, 15) is 19.2 Å². The van der Waals surface area contributed by atoms with Gasteiger partial charge in [-0.25, -0.2) is 0 Å². The molecule has 0 aliphatic heterocycles. The highest BCUT2D eigenvalue weighted by atomic mass is 16.5. The lowest BCUT2D eigenvalue weighted by Gasteiger charge is -2.34. The van der Waals surface area contributed by atoms with Crippen molar-refractivity contribution >= 4 is 23.5 Å². The summed E-state index contributed by atoms with van der Waals surface area (Å²) in [4.78, 5) is 50.7. The maximum absolute atomic E-state index is 12.7. The van der Waals surface area contributed by atoms with Gasteiger partial charge in [0.15, 0.2) is 23.1 Å². The Morgan fingerprint density at radius 1 is 0.833 bits per heavy atom. The fourth-order valence-electron chi connectivity index (χ4n) is 3.68. The third kappa shape index (κ3) is 4.39. The van der Waals surface area contributed by atoms with Gasteiger partial charge in [0.1, 0.15) is 11.8 Å². The summed E-state index contributed by atoms with van der Waals surface area (Å²) in [7, 11) is 4.24. The molecule has 1 aromatic carbocycles. The topological polar surface area (TPSA) is 114 Å². The molecule has 2 atom stereocenters. The molecule has 30 heavy (non-hydrogen) atoms. The Morgan fingerprint density at radius 3 is 1.60 bits per heavy atom. The number of Topliss-reactive ketones (excluding diaryl/α,β-unsaturated/α-hetero) is 2. The summed E-state index contributed by atoms with van der Waals surface area (Å²) < 4.78 is 26.1. The predicted octanol–water partition coefficient (Wildman–Crippen LogP) is 1.70. The standard InChI is InChI=1S/C21H26O9/c1-6-29-20(24)17-12(22)10-13(23)18(21(25)30-7-2)16(17)11-8-14(26-3)19(28-5)15(9-11)27-4/h8-9,16-18H,6-7,10H2,1-5H3. The molecule has 2 rings (SSSR count). The fourth-order valence-corrected chi connectivity index (χ4v) is 3.68. The summed E-state index contributed by atoms with van der Waals surface area (Å²) in [5.41, 5.74) is 0.321. The molecule has 0 radical (unpaired) electrons. The molecule has 1 fully saturated rings. The zero-order valence-corrected chi connectivity index (χ0v) is 17.7. The van der Waals surface area contributed by atoms with Crippen molar-refractivity contribution in [3.05, 3.63) is 17.7 Å². The van der Waals surface area contributed by atoms with Gasteiger partial charge in [0, 0.05) is 5.92 Å². The van der Waals surface area contributed by atoms with Gasteiger partial charge in [-0.2, -0.15) is 0 Å². The van der Waals surface area contributed by atoms with Crippen LogP contribution in [0.2, 0.25) is 0 Å². The molecule has 0 heterocycles. The molecule has 0 aromatic heterocycles. The van der Waals surface area contributed by atoms with E-state index in [0.717, 1.165) is 0 Å². The van der Waals surface area contributed by atoms with E-state index < -0.39 is 47.7 Å². The van der Waals surface area contributed by atoms with Crippen LogP contribution < -0.4 is 14.2 Å². The van der Waals surface area contributed by atoms with Crippen LogP contribution in [0.3, 0.4) is 0 Å². The van der Waals surface area contributed by atoms with Gasteiger partial charge >= 0.3 is 11.9 Å². The second-order valence-corrected chi connectivity index (χ2v) is 6.55. The Kier molecular flexibility index (Phi) is 7.79. The van der Waals surface area contributed by atoms with Crippen LogP contribution in [0.5, 0.6) is 17.2 Å². The highest BCUT2D eigenvalue weighted by Crippen LogP contribution is 2.46. The van der Waals surface area contributed by atoms with E-state index in [1.807, 2.05) is 0 Å². The molecule has 164 valence electrons. The zero-order valence-electron chi connectivity index (χ0n) is 17.7. The highest BCUT2D eigenvalue weighted by molar-refractivity contribution is 6.17. The molecule has 9 heteroatoms. The summed E-state index contributed by atoms with van der Waals surface area (Å²) in [6.07, 6.45) is -0.548. The Hall–Kier alpha value is -3.10. The fraction of sp³-hybridized carbons (Fsp3) is 0.524. The third-order valence-electron chi connectivity index (χ3n) is 4.91. The zero-order chi connectivity index (χ0) is 22.4. The van der Waals surface area contributed by atoms with Gasteiger partial charge in [-0.05, 0) is 31.5 Å². The summed E-state index contributed by atoms with van der Waals surface area (Å²) in [6.45, 7) is 3.30. The first kappa shape index (κ1) is 23.2. The predicted molar refractivity (Wildman–Crippen MR) is 104 cm³/mol. The number of ketones is 2. The lowest BCUT2D eigenvalue weighted by atomic mass is 9.67. The van der Waals surface area contributed by atoms with Crippen molar-refractivity contribution in [1.82, 2.24) is 0 Å². The summed E-state index contributed by atoms with van der Waals surface area (Å²) in [5.74, 6) is -5.87. The van der Waals surface area contributed by atoms with Crippen molar-refractivity contribution in [3.63, 3.8) is 0 Å². The molecule has 1 saturated carbocycles. The van der Waals surface area contributed by atoms with Crippen molar-refractivity contribution in [3.8, 4) is 17.2 Å². The highest BCUT2D eigenvalue weighted by Gasteiger charge is 2.52. The molecular formula is C21H26O9. The molecule has 0 N–H and O–H groups in total. The van der Waals surface area contributed by atoms with Gasteiger partial charge in [0.25, 0.3) is 0 Å². The lowest BCUT2D eigenvalue weighted by Crippen LogP contribution is -2.47. The Balaban J connectivity index is 2.73. The number of hydrogen-bond donors (Lipinski definition) is 0. The van der Waals surface area contributed by atoms with Crippen molar-refractivity contribution in [2.24, 2.45) is 11.8 Å². The monoisotopic (exact) mass is 422 g/mol. The number of carbonyl (C=O) groups is 4. The van der Waals surface area contributed by atoms with E-state index in [1.165, 1.54) is 33.5 Å². The van der Waals surface area contributed by atoms with E-state index in [4.69, 9.17) is 23.7 Å². The molecule has 0 spiro atoms. The first-order chi connectivity index (χ1) is 14.3. The molecular weight excluding hydrogens is 396 g/mol. The van der Waals surface area contributed by atoms with Gasteiger partial charge in [0.2, 0.25) is 5.75 Å². The average Bonchev–Trinajstić information content (AvgIpc) is 2.72. The van der Waals surface area contributed by atoms with Gasteiger partial charge in [-0.15, -0.1) is 0 Å². The number of benzene rings is 1. The van der Waals surface area contributed by atoms with Crippen LogP contribution in [0, 0.1) is 11.8 Å². The molecule has 1 aliphatic carbocycles. The molecule has 0 amide bonds. The Labute approximate surface area is 174 Å². The molecule has 1 aromatic rings. The largest absolute Gasteiger partial charge is 0.493 e. The van der Waals surface area contributed by atoms with E-state index >= 15 is 0 Å². The Bertz CT molecular complexity index is 769. The molecule has 1 aliphatic rings. The van der Waals surface area contributed by atoms with E-state index in [-0.39, 0.29) is 30.5 Å². The quantitative estimate of drug-likeness (QED) is 0.456. The molecule has 9 nitrogen and oxygen atoms in total. The van der Waals surface area contributed by atoms with Crippen molar-refractivity contribution in [2.45, 2.75) is 26.2 Å². The van der Waals surface area contributed by atoms with Crippen LogP contribution in [0.4, 0.5) is 0 Å². The maximum atomic E-state index is 12.7. The number of esters is 2. The number of carbonyl (C=O) groups excluding carboxylic acids is 4. The number of rotatable bonds is 8. The summed E-state index contributed by atoms with van der Waals surface area (Å²) in [5, 5.41) is 0. The normalized spacial score (nSPS) is 21.0. The molecule has 0 saturated heterocycles. The minimum absolute atomic E-state index is 0.0443. The minimum atomic E-state index is -1.35. The van der Waals surface area contributed by atoms with Crippen molar-refractivity contribution in [2.75, 3.05) is 34.5 Å². The Morgan fingerprint density at radius 2 is 1.27 bits per heavy atom. The van der Waals surface area contributed by atoms with Crippen LogP contribution in [-0.2, 0) is 28.7 Å². The molecule has 0 bridgehead atoms. The second kappa shape index (κ2) is 10.1. The average molecular weight is 422 g/mol. The number of hydrogen-bond acceptors (Lipinski definition) is 9. The number of methoxy groups -OCH3 is 3. The van der Waals surface area contributed by atoms with Crippen LogP contribution in [0.15, 0.2) is 12.1 Å². The minimum Gasteiger partial charge on any atom is -0.493 e. The SMILES string of the molecule is CCOC(=O)C1C(=O)CC(=O)C(C(=O)OCC)C1c1cc(OC)c(OC)c(OC)c1. The van der Waals surface area contributed by atoms with Crippen molar-refractivity contribution in [1.29, 1.82) is 0 Å². The third-order valence-corrected chi connectivity index (χ3v) is 4.91. The van der Waals surface area contributed by atoms with Crippen LogP contribution in [0.1, 0.15) is 31.7 Å². The van der Waals surface area contributed by atoms with E-state index in [2.05, 4.69) is 0 Å². The molecule has 2 unspecified atom stereocenters. The summed E-state index contributed by atoms with van der Waals surface area (Å²) >= 11 is 0. The second-order valence-electron chi connectivity index (χ2n) is 6.55. The van der Waals surface area contributed by atoms with Gasteiger partial charge in [0.05, 0.1) is 41.0 Å². The van der Waals surface area contributed by atoms with Crippen LogP contribution >= 0.6 is 0 Å². The van der Waals surface area contributed by atoms with Crippen LogP contribution in [-0.4, -0.2) is 58.0 Å². The van der Waals surface area contributed by atoms with E-state index in [0.29, 0.717) is 5.56 Å². The van der Waals surface area contributed by atoms with Gasteiger partial charge in [-0.1, -0.05) is 0 Å². The lowest BCUT2D eigenvalue weighted by molar-refractivity contribution is -0.161. The van der Waals surface area contributed by atoms with Gasteiger partial charge in [-0.3, -0.25) is 19.2 Å². The summed E-state index contributed by atoms with van der Waals surface area (Å²) in [6, 6.07) is 3.02. The maximum Gasteiger partial charge on any atom is 0.317 e. The first-order valence-electron chi connectivity index (χ1n) is 9.53. The first-order valence-corrected chi connectivity index (χ1v) is 9.53. The van der Waals surface area contributed by atoms with Crippen molar-refractivity contribution < 1.29 is 42.9 Å². The van der Waals surface area contributed by atoms with Gasteiger partial charge < -0.3 is 23.7 Å².